The highest BCUT2D eigenvalue weighted by atomic mass is 16.5. The number of carbonyl (C=O) groups excluding carboxylic acids is 1. The zero-order valence-electron chi connectivity index (χ0n) is 19.6. The molecule has 8 nitrogen and oxygen atoms in total. The quantitative estimate of drug-likeness (QED) is 0.515. The van der Waals surface area contributed by atoms with E-state index in [1.807, 2.05) is 43.6 Å². The maximum absolute atomic E-state index is 11.6. The lowest BCUT2D eigenvalue weighted by Gasteiger charge is -2.38. The van der Waals surface area contributed by atoms with Crippen LogP contribution in [0.3, 0.4) is 0 Å². The number of esters is 1. The fourth-order valence-corrected chi connectivity index (χ4v) is 4.99. The van der Waals surface area contributed by atoms with Gasteiger partial charge in [0.2, 0.25) is 0 Å². The average molecular weight is 461 g/mol. The van der Waals surface area contributed by atoms with Gasteiger partial charge in [-0.3, -0.25) is 9.79 Å². The van der Waals surface area contributed by atoms with Crippen molar-refractivity contribution in [2.75, 3.05) is 13.7 Å². The molecule has 5 rings (SSSR count). The molecule has 1 aromatic carbocycles. The third-order valence-corrected chi connectivity index (χ3v) is 6.44. The van der Waals surface area contributed by atoms with Gasteiger partial charge < -0.3 is 14.2 Å². The second-order valence-corrected chi connectivity index (χ2v) is 8.58. The van der Waals surface area contributed by atoms with Gasteiger partial charge in [0, 0.05) is 42.6 Å². The average Bonchev–Trinajstić information content (AvgIpc) is 3.38. The lowest BCUT2D eigenvalue weighted by Crippen LogP contribution is -2.36. The second kappa shape index (κ2) is 9.29. The number of rotatable bonds is 6. The SMILES string of the molecule is CCOc1cc2c(cc1OC)C(c1ccc(-n3cccn3)nc1)=NC1CCC(OC(C)=O)CC21. The van der Waals surface area contributed by atoms with E-state index in [2.05, 4.69) is 16.1 Å². The first-order valence-corrected chi connectivity index (χ1v) is 11.6. The molecule has 1 fully saturated rings. The fraction of sp³-hybridized carbons (Fsp3) is 0.385. The molecule has 0 spiro atoms. The fourth-order valence-electron chi connectivity index (χ4n) is 4.99. The molecule has 3 unspecified atom stereocenters. The van der Waals surface area contributed by atoms with Gasteiger partial charge in [-0.1, -0.05) is 0 Å². The van der Waals surface area contributed by atoms with Crippen molar-refractivity contribution >= 4 is 11.7 Å². The minimum absolute atomic E-state index is 0.1000. The molecule has 0 amide bonds. The minimum Gasteiger partial charge on any atom is -0.493 e. The molecule has 8 heteroatoms. The molecule has 3 aromatic rings. The van der Waals surface area contributed by atoms with Gasteiger partial charge in [-0.15, -0.1) is 0 Å². The normalized spacial score (nSPS) is 21.1. The molecule has 2 aromatic heterocycles. The van der Waals surface area contributed by atoms with E-state index >= 15 is 0 Å². The molecule has 3 atom stereocenters. The van der Waals surface area contributed by atoms with Crippen LogP contribution in [0.15, 0.2) is 53.9 Å². The Bertz CT molecular complexity index is 1200. The van der Waals surface area contributed by atoms with E-state index in [1.54, 1.807) is 18.0 Å². The van der Waals surface area contributed by atoms with Crippen LogP contribution in [0.5, 0.6) is 11.5 Å². The number of nitrogens with zero attached hydrogens (tertiary/aromatic N) is 4. The van der Waals surface area contributed by atoms with E-state index in [0.29, 0.717) is 18.1 Å². The van der Waals surface area contributed by atoms with Gasteiger partial charge in [0.25, 0.3) is 0 Å². The number of pyridine rings is 1. The summed E-state index contributed by atoms with van der Waals surface area (Å²) in [4.78, 5) is 21.4. The lowest BCUT2D eigenvalue weighted by atomic mass is 9.74. The molecule has 3 heterocycles. The van der Waals surface area contributed by atoms with Gasteiger partial charge in [-0.05, 0) is 62.1 Å². The maximum atomic E-state index is 11.6. The Labute approximate surface area is 198 Å². The van der Waals surface area contributed by atoms with Crippen LogP contribution >= 0.6 is 0 Å². The Morgan fingerprint density at radius 2 is 2.09 bits per heavy atom. The highest BCUT2D eigenvalue weighted by molar-refractivity contribution is 6.14. The van der Waals surface area contributed by atoms with Gasteiger partial charge in [0.05, 0.1) is 25.5 Å². The standard InChI is InChI=1S/C26H28N4O4/c1-4-33-24-13-19-20-12-18(34-16(2)31)7-8-22(20)29-26(21(19)14-23(24)32-3)17-6-9-25(27-15-17)30-11-5-10-28-30/h5-6,9-11,13-15,18,20,22H,4,7-8,12H2,1-3H3. The summed E-state index contributed by atoms with van der Waals surface area (Å²) in [5, 5.41) is 4.25. The Balaban J connectivity index is 1.57. The van der Waals surface area contributed by atoms with Crippen LogP contribution in [0.4, 0.5) is 0 Å². The number of aromatic nitrogens is 3. The van der Waals surface area contributed by atoms with E-state index in [0.717, 1.165) is 47.5 Å². The summed E-state index contributed by atoms with van der Waals surface area (Å²) in [6.45, 7) is 3.97. The van der Waals surface area contributed by atoms with Crippen molar-refractivity contribution in [3.05, 3.63) is 65.6 Å². The third-order valence-electron chi connectivity index (χ3n) is 6.44. The van der Waals surface area contributed by atoms with Crippen LogP contribution in [-0.2, 0) is 9.53 Å². The molecule has 1 aliphatic heterocycles. The smallest absolute Gasteiger partial charge is 0.302 e. The number of benzene rings is 1. The van der Waals surface area contributed by atoms with Crippen molar-refractivity contribution in [3.63, 3.8) is 0 Å². The number of aliphatic imine (C=N–C) groups is 1. The number of carbonyl (C=O) groups is 1. The predicted molar refractivity (Wildman–Crippen MR) is 127 cm³/mol. The van der Waals surface area contributed by atoms with Gasteiger partial charge in [0.15, 0.2) is 17.3 Å². The molecule has 0 N–H and O–H groups in total. The van der Waals surface area contributed by atoms with Crippen molar-refractivity contribution in [1.29, 1.82) is 0 Å². The van der Waals surface area contributed by atoms with E-state index in [9.17, 15) is 4.79 Å². The van der Waals surface area contributed by atoms with Crippen molar-refractivity contribution in [2.24, 2.45) is 4.99 Å². The van der Waals surface area contributed by atoms with Crippen LogP contribution < -0.4 is 9.47 Å². The number of fused-ring (bicyclic) bond motifs is 3. The summed E-state index contributed by atoms with van der Waals surface area (Å²) in [5.74, 6) is 2.02. The van der Waals surface area contributed by atoms with Gasteiger partial charge >= 0.3 is 5.97 Å². The van der Waals surface area contributed by atoms with E-state index in [4.69, 9.17) is 19.2 Å². The van der Waals surface area contributed by atoms with Crippen LogP contribution in [0, 0.1) is 0 Å². The Morgan fingerprint density at radius 3 is 2.76 bits per heavy atom. The lowest BCUT2D eigenvalue weighted by molar-refractivity contribution is -0.148. The number of hydrogen-bond donors (Lipinski definition) is 0. The predicted octanol–water partition coefficient (Wildman–Crippen LogP) is 4.09. The summed E-state index contributed by atoms with van der Waals surface area (Å²) < 4.78 is 18.8. The maximum Gasteiger partial charge on any atom is 0.302 e. The summed E-state index contributed by atoms with van der Waals surface area (Å²) in [6.07, 6.45) is 7.72. The molecule has 0 radical (unpaired) electrons. The molecule has 0 saturated heterocycles. The molecule has 1 aliphatic carbocycles. The minimum atomic E-state index is -0.239. The first-order chi connectivity index (χ1) is 16.6. The summed E-state index contributed by atoms with van der Waals surface area (Å²) in [7, 11) is 1.64. The largest absolute Gasteiger partial charge is 0.493 e. The first-order valence-electron chi connectivity index (χ1n) is 11.6. The van der Waals surface area contributed by atoms with Gasteiger partial charge in [-0.2, -0.15) is 5.10 Å². The molecule has 1 saturated carbocycles. The Hall–Kier alpha value is -3.68. The molecular formula is C26H28N4O4. The summed E-state index contributed by atoms with van der Waals surface area (Å²) >= 11 is 0. The van der Waals surface area contributed by atoms with Gasteiger partial charge in [0.1, 0.15) is 6.10 Å². The van der Waals surface area contributed by atoms with Crippen LogP contribution in [0.25, 0.3) is 5.82 Å². The topological polar surface area (TPSA) is 87.8 Å². The van der Waals surface area contributed by atoms with Crippen LogP contribution in [0.1, 0.15) is 55.7 Å². The third kappa shape index (κ3) is 4.16. The highest BCUT2D eigenvalue weighted by Crippen LogP contribution is 2.45. The van der Waals surface area contributed by atoms with Crippen LogP contribution in [-0.4, -0.2) is 52.3 Å². The summed E-state index contributed by atoms with van der Waals surface area (Å²) in [6, 6.07) is 10.0. The second-order valence-electron chi connectivity index (χ2n) is 8.58. The zero-order chi connectivity index (χ0) is 23.7. The Morgan fingerprint density at radius 1 is 1.21 bits per heavy atom. The van der Waals surface area contributed by atoms with E-state index in [1.165, 1.54) is 6.92 Å². The van der Waals surface area contributed by atoms with Crippen molar-refractivity contribution in [1.82, 2.24) is 14.8 Å². The monoisotopic (exact) mass is 460 g/mol. The zero-order valence-corrected chi connectivity index (χ0v) is 19.6. The highest BCUT2D eigenvalue weighted by Gasteiger charge is 2.38. The van der Waals surface area contributed by atoms with E-state index < -0.39 is 0 Å². The van der Waals surface area contributed by atoms with Crippen molar-refractivity contribution in [2.45, 2.75) is 51.2 Å². The van der Waals surface area contributed by atoms with Crippen LogP contribution in [0.2, 0.25) is 0 Å². The molecule has 2 aliphatic rings. The van der Waals surface area contributed by atoms with Crippen molar-refractivity contribution in [3.8, 4) is 17.3 Å². The molecule has 0 bridgehead atoms. The number of methoxy groups -OCH3 is 1. The molecule has 176 valence electrons. The van der Waals surface area contributed by atoms with Crippen molar-refractivity contribution < 1.29 is 19.0 Å². The number of ether oxygens (including phenoxy) is 3. The number of hydrogen-bond acceptors (Lipinski definition) is 7. The molecule has 34 heavy (non-hydrogen) atoms. The first kappa shape index (κ1) is 22.1. The van der Waals surface area contributed by atoms with Gasteiger partial charge in [-0.25, -0.2) is 9.67 Å². The summed E-state index contributed by atoms with van der Waals surface area (Å²) in [5.41, 5.74) is 3.97. The molecular weight excluding hydrogens is 432 g/mol. The van der Waals surface area contributed by atoms with E-state index in [-0.39, 0.29) is 24.0 Å². The Kier molecular flexibility index (Phi) is 6.04.